The number of alkyl halides is 3. The second kappa shape index (κ2) is 10.3. The average molecular weight is 476 g/mol. The number of esters is 2. The van der Waals surface area contributed by atoms with Crippen LogP contribution >= 0.6 is 34.8 Å². The second-order valence-corrected chi connectivity index (χ2v) is 8.65. The summed E-state index contributed by atoms with van der Waals surface area (Å²) in [7, 11) is 0. The smallest absolute Gasteiger partial charge is 0.303 e. The molecule has 168 valence electrons. The van der Waals surface area contributed by atoms with Crippen molar-refractivity contribution in [2.24, 2.45) is 11.8 Å². The van der Waals surface area contributed by atoms with E-state index in [4.69, 9.17) is 58.5 Å². The topological polar surface area (TPSA) is 80.3 Å². The van der Waals surface area contributed by atoms with Crippen molar-refractivity contribution < 1.29 is 33.3 Å². The van der Waals surface area contributed by atoms with Gasteiger partial charge in [-0.15, -0.1) is 34.8 Å². The molecule has 2 aliphatic rings. The molecule has 2 saturated heterocycles. The number of halogens is 3. The van der Waals surface area contributed by atoms with Gasteiger partial charge < -0.3 is 23.7 Å². The van der Waals surface area contributed by atoms with Gasteiger partial charge in [0.15, 0.2) is 18.2 Å². The molecule has 0 N–H and O–H groups in total. The summed E-state index contributed by atoms with van der Waals surface area (Å²) >= 11 is 18.8. The zero-order chi connectivity index (χ0) is 21.9. The Labute approximate surface area is 186 Å². The maximum absolute atomic E-state index is 11.7. The van der Waals surface area contributed by atoms with Crippen molar-refractivity contribution in [1.29, 1.82) is 0 Å². The summed E-state index contributed by atoms with van der Waals surface area (Å²) in [5.41, 5.74) is 0. The van der Waals surface area contributed by atoms with Gasteiger partial charge in [0.2, 0.25) is 0 Å². The standard InChI is InChI=1S/C19H29Cl3O7/c1-6-13-15(22)9(2)16(25-11(4)23)18(27-13)29-19(8-21)10(3)17(26-12(5)24)14(7-20)28-19/h9-10,13-18H,6-8H2,1-5H3/t9-,10-,13+,14+,15+,16+,17-,18+,19-/m0/s1. The lowest BCUT2D eigenvalue weighted by Gasteiger charge is -2.45. The van der Waals surface area contributed by atoms with Crippen molar-refractivity contribution in [3.05, 3.63) is 0 Å². The maximum Gasteiger partial charge on any atom is 0.303 e. The molecular weight excluding hydrogens is 447 g/mol. The van der Waals surface area contributed by atoms with Gasteiger partial charge in [-0.1, -0.05) is 20.8 Å². The monoisotopic (exact) mass is 474 g/mol. The molecule has 0 aromatic carbocycles. The van der Waals surface area contributed by atoms with E-state index >= 15 is 0 Å². The first-order valence-corrected chi connectivity index (χ1v) is 11.2. The normalized spacial score (nSPS) is 42.5. The van der Waals surface area contributed by atoms with Crippen molar-refractivity contribution in [1.82, 2.24) is 0 Å². The Morgan fingerprint density at radius 3 is 2.10 bits per heavy atom. The Morgan fingerprint density at radius 1 is 1.03 bits per heavy atom. The first-order valence-electron chi connectivity index (χ1n) is 9.71. The molecule has 0 spiro atoms. The first kappa shape index (κ1) is 25.0. The second-order valence-electron chi connectivity index (χ2n) is 7.57. The predicted molar refractivity (Wildman–Crippen MR) is 108 cm³/mol. The minimum atomic E-state index is -1.35. The molecule has 0 unspecified atom stereocenters. The molecule has 0 bridgehead atoms. The molecule has 2 heterocycles. The Balaban J connectivity index is 2.32. The van der Waals surface area contributed by atoms with Gasteiger partial charge in [0.25, 0.3) is 0 Å². The van der Waals surface area contributed by atoms with Crippen molar-refractivity contribution in [2.75, 3.05) is 11.8 Å². The summed E-state index contributed by atoms with van der Waals surface area (Å²) in [5, 5.41) is -0.359. The molecule has 0 aliphatic carbocycles. The molecule has 0 aromatic heterocycles. The van der Waals surface area contributed by atoms with Crippen molar-refractivity contribution in [3.8, 4) is 0 Å². The van der Waals surface area contributed by atoms with Crippen LogP contribution in [0.2, 0.25) is 0 Å². The SMILES string of the molecule is CC[C@H]1O[C@H](O[C@]2(CCl)O[C@H](CCl)[C@@H](OC(C)=O)[C@@H]2C)[C@H](OC(C)=O)[C@@H](C)[C@H]1Cl. The number of carbonyl (C=O) groups excluding carboxylic acids is 2. The van der Waals surface area contributed by atoms with Gasteiger partial charge in [0, 0.05) is 19.8 Å². The van der Waals surface area contributed by atoms with E-state index in [0.29, 0.717) is 6.42 Å². The van der Waals surface area contributed by atoms with Gasteiger partial charge in [-0.25, -0.2) is 0 Å². The summed E-state index contributed by atoms with van der Waals surface area (Å²) in [4.78, 5) is 23.2. The molecule has 9 atom stereocenters. The highest BCUT2D eigenvalue weighted by Crippen LogP contribution is 2.44. The van der Waals surface area contributed by atoms with E-state index in [-0.39, 0.29) is 29.2 Å². The molecule has 29 heavy (non-hydrogen) atoms. The van der Waals surface area contributed by atoms with Crippen LogP contribution in [0.1, 0.15) is 41.0 Å². The maximum atomic E-state index is 11.7. The lowest BCUT2D eigenvalue weighted by molar-refractivity contribution is -0.347. The highest BCUT2D eigenvalue weighted by Gasteiger charge is 2.58. The molecule has 2 fully saturated rings. The lowest BCUT2D eigenvalue weighted by atomic mass is 9.91. The van der Waals surface area contributed by atoms with Gasteiger partial charge in [-0.05, 0) is 6.42 Å². The van der Waals surface area contributed by atoms with E-state index < -0.39 is 48.2 Å². The Hall–Kier alpha value is -0.310. The van der Waals surface area contributed by atoms with E-state index in [1.807, 2.05) is 13.8 Å². The molecule has 0 amide bonds. The fourth-order valence-corrected chi connectivity index (χ4v) is 4.86. The fraction of sp³-hybridized carbons (Fsp3) is 0.895. The number of hydrogen-bond donors (Lipinski definition) is 0. The van der Waals surface area contributed by atoms with Crippen molar-refractivity contribution in [3.63, 3.8) is 0 Å². The molecular formula is C19H29Cl3O7. The third-order valence-corrected chi connectivity index (χ3v) is 6.87. The number of ether oxygens (including phenoxy) is 5. The van der Waals surface area contributed by atoms with Gasteiger partial charge in [0.1, 0.15) is 12.2 Å². The molecule has 0 radical (unpaired) electrons. The van der Waals surface area contributed by atoms with Crippen LogP contribution in [0.4, 0.5) is 0 Å². The minimum Gasteiger partial charge on any atom is -0.459 e. The van der Waals surface area contributed by atoms with E-state index in [0.717, 1.165) is 0 Å². The molecule has 7 nitrogen and oxygen atoms in total. The van der Waals surface area contributed by atoms with Crippen LogP contribution in [-0.4, -0.2) is 65.6 Å². The van der Waals surface area contributed by atoms with Crippen LogP contribution in [0, 0.1) is 11.8 Å². The minimum absolute atomic E-state index is 0.0680. The summed E-state index contributed by atoms with van der Waals surface area (Å²) in [6, 6.07) is 0. The van der Waals surface area contributed by atoms with Gasteiger partial charge in [-0.2, -0.15) is 0 Å². The molecule has 0 aromatic rings. The van der Waals surface area contributed by atoms with Crippen molar-refractivity contribution in [2.45, 2.75) is 82.9 Å². The molecule has 10 heteroatoms. The Kier molecular flexibility index (Phi) is 8.89. The number of rotatable bonds is 7. The summed E-state index contributed by atoms with van der Waals surface area (Å²) in [6.45, 7) is 8.25. The van der Waals surface area contributed by atoms with Crippen LogP contribution in [0.5, 0.6) is 0 Å². The quantitative estimate of drug-likeness (QED) is 0.412. The van der Waals surface area contributed by atoms with E-state index in [9.17, 15) is 9.59 Å². The lowest BCUT2D eigenvalue weighted by Crippen LogP contribution is -2.57. The van der Waals surface area contributed by atoms with Crippen LogP contribution < -0.4 is 0 Å². The third-order valence-electron chi connectivity index (χ3n) is 5.52. The van der Waals surface area contributed by atoms with Gasteiger partial charge in [-0.3, -0.25) is 9.59 Å². The van der Waals surface area contributed by atoms with E-state index in [2.05, 4.69) is 0 Å². The van der Waals surface area contributed by atoms with E-state index in [1.165, 1.54) is 13.8 Å². The van der Waals surface area contributed by atoms with Crippen LogP contribution in [0.3, 0.4) is 0 Å². The van der Waals surface area contributed by atoms with Crippen LogP contribution in [0.25, 0.3) is 0 Å². The summed E-state index contributed by atoms with van der Waals surface area (Å²) in [6.07, 6.45) is -2.61. The van der Waals surface area contributed by atoms with Crippen molar-refractivity contribution >= 4 is 46.7 Å². The van der Waals surface area contributed by atoms with Crippen LogP contribution in [0.15, 0.2) is 0 Å². The Morgan fingerprint density at radius 2 is 1.62 bits per heavy atom. The molecule has 2 rings (SSSR count). The number of carbonyl (C=O) groups is 2. The highest BCUT2D eigenvalue weighted by molar-refractivity contribution is 6.21. The summed E-state index contributed by atoms with van der Waals surface area (Å²) in [5.74, 6) is -2.94. The molecule has 0 saturated carbocycles. The van der Waals surface area contributed by atoms with Gasteiger partial charge in [0.05, 0.1) is 29.2 Å². The highest BCUT2D eigenvalue weighted by atomic mass is 35.5. The Bertz CT molecular complexity index is 592. The zero-order valence-corrected chi connectivity index (χ0v) is 19.5. The number of hydrogen-bond acceptors (Lipinski definition) is 7. The van der Waals surface area contributed by atoms with Gasteiger partial charge >= 0.3 is 11.9 Å². The van der Waals surface area contributed by atoms with E-state index in [1.54, 1.807) is 6.92 Å². The largest absolute Gasteiger partial charge is 0.459 e. The van der Waals surface area contributed by atoms with Crippen LogP contribution in [-0.2, 0) is 33.3 Å². The average Bonchev–Trinajstić information content (AvgIpc) is 2.92. The first-order chi connectivity index (χ1) is 13.6. The predicted octanol–water partition coefficient (Wildman–Crippen LogP) is 3.45. The molecule has 2 aliphatic heterocycles. The zero-order valence-electron chi connectivity index (χ0n) is 17.2. The summed E-state index contributed by atoms with van der Waals surface area (Å²) < 4.78 is 29.2. The third kappa shape index (κ3) is 5.31. The fourth-order valence-electron chi connectivity index (χ4n) is 3.87.